The molecule has 0 radical (unpaired) electrons. The molecule has 1 aliphatic heterocycles. The van der Waals surface area contributed by atoms with Gasteiger partial charge in [0.1, 0.15) is 0 Å². The van der Waals surface area contributed by atoms with E-state index in [2.05, 4.69) is 36.2 Å². The third-order valence-electron chi connectivity index (χ3n) is 4.33. The number of rotatable bonds is 6. The molecule has 4 nitrogen and oxygen atoms in total. The van der Waals surface area contributed by atoms with Gasteiger partial charge in [0.15, 0.2) is 0 Å². The minimum Gasteiger partial charge on any atom is -0.380 e. The van der Waals surface area contributed by atoms with E-state index in [1.165, 1.54) is 5.69 Å². The molecule has 1 aromatic rings. The Bertz CT molecular complexity index is 454. The van der Waals surface area contributed by atoms with Crippen molar-refractivity contribution < 1.29 is 9.53 Å². The van der Waals surface area contributed by atoms with Crippen LogP contribution in [-0.2, 0) is 9.53 Å². The van der Waals surface area contributed by atoms with Gasteiger partial charge in [-0.2, -0.15) is 0 Å². The van der Waals surface area contributed by atoms with Gasteiger partial charge in [0.05, 0.1) is 6.10 Å². The molecule has 0 saturated carbocycles. The van der Waals surface area contributed by atoms with Gasteiger partial charge in [-0.15, -0.1) is 0 Å². The van der Waals surface area contributed by atoms with Crippen molar-refractivity contribution >= 4 is 17.3 Å². The lowest BCUT2D eigenvalue weighted by Gasteiger charge is -2.19. The molecule has 1 unspecified atom stereocenters. The van der Waals surface area contributed by atoms with E-state index in [4.69, 9.17) is 4.74 Å². The summed E-state index contributed by atoms with van der Waals surface area (Å²) < 4.78 is 5.39. The first-order valence-electron chi connectivity index (χ1n) is 7.86. The molecule has 21 heavy (non-hydrogen) atoms. The first-order chi connectivity index (χ1) is 10.2. The van der Waals surface area contributed by atoms with Gasteiger partial charge in [0.25, 0.3) is 0 Å². The maximum atomic E-state index is 12.1. The van der Waals surface area contributed by atoms with Crippen molar-refractivity contribution in [3.63, 3.8) is 0 Å². The molecule has 1 amide bonds. The highest BCUT2D eigenvalue weighted by atomic mass is 16.5. The smallest absolute Gasteiger partial charge is 0.227 e. The first-order valence-corrected chi connectivity index (χ1v) is 7.86. The first kappa shape index (κ1) is 15.8. The van der Waals surface area contributed by atoms with Gasteiger partial charge in [0, 0.05) is 37.5 Å². The summed E-state index contributed by atoms with van der Waals surface area (Å²) in [6.07, 6.45) is 3.17. The maximum Gasteiger partial charge on any atom is 0.227 e. The highest BCUT2D eigenvalue weighted by molar-refractivity contribution is 5.92. The van der Waals surface area contributed by atoms with Crippen LogP contribution in [0.2, 0.25) is 0 Å². The van der Waals surface area contributed by atoms with Crippen LogP contribution in [0.25, 0.3) is 0 Å². The molecule has 1 aliphatic rings. The van der Waals surface area contributed by atoms with Crippen molar-refractivity contribution in [2.75, 3.05) is 30.4 Å². The number of nitrogens with one attached hydrogen (secondary N) is 1. The molecular weight excluding hydrogens is 264 g/mol. The predicted octanol–water partition coefficient (Wildman–Crippen LogP) is 3.29. The average molecular weight is 290 g/mol. The van der Waals surface area contributed by atoms with Crippen LogP contribution in [0, 0.1) is 5.92 Å². The van der Waals surface area contributed by atoms with E-state index in [0.29, 0.717) is 6.10 Å². The largest absolute Gasteiger partial charge is 0.380 e. The van der Waals surface area contributed by atoms with Crippen molar-refractivity contribution in [2.45, 2.75) is 39.2 Å². The van der Waals surface area contributed by atoms with Crippen LogP contribution in [0.1, 0.15) is 33.1 Å². The van der Waals surface area contributed by atoms with Crippen molar-refractivity contribution in [3.8, 4) is 0 Å². The predicted molar refractivity (Wildman–Crippen MR) is 86.8 cm³/mol. The highest BCUT2D eigenvalue weighted by Crippen LogP contribution is 2.23. The summed E-state index contributed by atoms with van der Waals surface area (Å²) in [5, 5.41) is 3.00. The zero-order valence-electron chi connectivity index (χ0n) is 13.3. The third-order valence-corrected chi connectivity index (χ3v) is 4.33. The molecule has 0 aliphatic carbocycles. The summed E-state index contributed by atoms with van der Waals surface area (Å²) in [4.78, 5) is 14.4. The van der Waals surface area contributed by atoms with Gasteiger partial charge in [0.2, 0.25) is 5.91 Å². The lowest BCUT2D eigenvalue weighted by Crippen LogP contribution is -2.23. The number of carbonyl (C=O) groups is 1. The van der Waals surface area contributed by atoms with Gasteiger partial charge in [-0.05, 0) is 43.5 Å². The van der Waals surface area contributed by atoms with Crippen LogP contribution < -0.4 is 10.2 Å². The Morgan fingerprint density at radius 3 is 2.52 bits per heavy atom. The third kappa shape index (κ3) is 3.97. The molecule has 1 atom stereocenters. The fourth-order valence-electron chi connectivity index (χ4n) is 2.81. The summed E-state index contributed by atoms with van der Waals surface area (Å²) in [6, 6.07) is 8.10. The normalized spacial score (nSPS) is 18.3. The second-order valence-corrected chi connectivity index (χ2v) is 5.64. The fourth-order valence-corrected chi connectivity index (χ4v) is 2.81. The number of hydrogen-bond acceptors (Lipinski definition) is 3. The van der Waals surface area contributed by atoms with Crippen LogP contribution in [0.5, 0.6) is 0 Å². The quantitative estimate of drug-likeness (QED) is 0.874. The molecule has 1 saturated heterocycles. The minimum atomic E-state index is 0.103. The van der Waals surface area contributed by atoms with E-state index in [1.807, 2.05) is 12.1 Å². The Morgan fingerprint density at radius 1 is 1.33 bits per heavy atom. The van der Waals surface area contributed by atoms with E-state index >= 15 is 0 Å². The number of nitrogens with zero attached hydrogens (tertiary/aromatic N) is 1. The van der Waals surface area contributed by atoms with Crippen LogP contribution >= 0.6 is 0 Å². The summed E-state index contributed by atoms with van der Waals surface area (Å²) in [5.41, 5.74) is 2.06. The monoisotopic (exact) mass is 290 g/mol. The molecule has 0 bridgehead atoms. The summed E-state index contributed by atoms with van der Waals surface area (Å²) in [7, 11) is 1.77. The van der Waals surface area contributed by atoms with Crippen LogP contribution in [0.15, 0.2) is 24.3 Å². The van der Waals surface area contributed by atoms with Crippen LogP contribution in [-0.4, -0.2) is 32.2 Å². The zero-order valence-corrected chi connectivity index (χ0v) is 13.3. The Balaban J connectivity index is 1.95. The van der Waals surface area contributed by atoms with E-state index in [1.54, 1.807) is 7.11 Å². The molecule has 1 aromatic carbocycles. The van der Waals surface area contributed by atoms with Gasteiger partial charge in [-0.3, -0.25) is 4.79 Å². The van der Waals surface area contributed by atoms with Crippen molar-refractivity contribution in [1.82, 2.24) is 0 Å². The summed E-state index contributed by atoms with van der Waals surface area (Å²) >= 11 is 0. The SMILES string of the molecule is CCC(CC)C(=O)Nc1ccc(N2CCC(OC)C2)cc1. The lowest BCUT2D eigenvalue weighted by molar-refractivity contribution is -0.120. The number of methoxy groups -OCH3 is 1. The molecule has 2 rings (SSSR count). The van der Waals surface area contributed by atoms with Gasteiger partial charge >= 0.3 is 0 Å². The Hall–Kier alpha value is -1.55. The topological polar surface area (TPSA) is 41.6 Å². The molecule has 0 aromatic heterocycles. The average Bonchev–Trinajstić information content (AvgIpc) is 2.98. The Kier molecular flexibility index (Phi) is 5.62. The van der Waals surface area contributed by atoms with Crippen LogP contribution in [0.4, 0.5) is 11.4 Å². The number of benzene rings is 1. The molecule has 116 valence electrons. The molecular formula is C17H26N2O2. The zero-order chi connectivity index (χ0) is 15.2. The molecule has 4 heteroatoms. The van der Waals surface area contributed by atoms with Crippen LogP contribution in [0.3, 0.4) is 0 Å². The molecule has 0 spiro atoms. The Labute approximate surface area is 127 Å². The second-order valence-electron chi connectivity index (χ2n) is 5.64. The standard InChI is InChI=1S/C17H26N2O2/c1-4-13(5-2)17(20)18-14-6-8-15(9-7-14)19-11-10-16(12-19)21-3/h6-9,13,16H,4-5,10-12H2,1-3H3,(H,18,20). The molecule has 1 heterocycles. The number of hydrogen-bond donors (Lipinski definition) is 1. The Morgan fingerprint density at radius 2 is 2.00 bits per heavy atom. The molecule has 1 N–H and O–H groups in total. The van der Waals surface area contributed by atoms with E-state index < -0.39 is 0 Å². The van der Waals surface area contributed by atoms with Gasteiger partial charge in [-0.25, -0.2) is 0 Å². The number of anilines is 2. The van der Waals surface area contributed by atoms with Crippen molar-refractivity contribution in [2.24, 2.45) is 5.92 Å². The van der Waals surface area contributed by atoms with Crippen molar-refractivity contribution in [3.05, 3.63) is 24.3 Å². The van der Waals surface area contributed by atoms with E-state index in [9.17, 15) is 4.79 Å². The number of carbonyl (C=O) groups excluding carboxylic acids is 1. The second kappa shape index (κ2) is 7.46. The summed E-state index contributed by atoms with van der Waals surface area (Å²) in [5.74, 6) is 0.221. The highest BCUT2D eigenvalue weighted by Gasteiger charge is 2.22. The number of amides is 1. The summed E-state index contributed by atoms with van der Waals surface area (Å²) in [6.45, 7) is 6.07. The van der Waals surface area contributed by atoms with Gasteiger partial charge < -0.3 is 15.0 Å². The van der Waals surface area contributed by atoms with Gasteiger partial charge in [-0.1, -0.05) is 13.8 Å². The van der Waals surface area contributed by atoms with Crippen molar-refractivity contribution in [1.29, 1.82) is 0 Å². The minimum absolute atomic E-state index is 0.103. The van der Waals surface area contributed by atoms with E-state index in [0.717, 1.165) is 38.0 Å². The molecule has 1 fully saturated rings. The maximum absolute atomic E-state index is 12.1. The van der Waals surface area contributed by atoms with E-state index in [-0.39, 0.29) is 11.8 Å². The fraction of sp³-hybridized carbons (Fsp3) is 0.588. The number of ether oxygens (including phenoxy) is 1. The lowest BCUT2D eigenvalue weighted by atomic mass is 10.0.